The maximum Gasteiger partial charge on any atom is 0.223 e. The van der Waals surface area contributed by atoms with Crippen LogP contribution >= 0.6 is 12.4 Å². The van der Waals surface area contributed by atoms with Gasteiger partial charge >= 0.3 is 0 Å². The lowest BCUT2D eigenvalue weighted by Crippen LogP contribution is -2.42. The molecular formula is C16H23ClN4O. The summed E-state index contributed by atoms with van der Waals surface area (Å²) in [5.41, 5.74) is 1.96. The van der Waals surface area contributed by atoms with E-state index < -0.39 is 0 Å². The summed E-state index contributed by atoms with van der Waals surface area (Å²) in [5, 5.41) is 6.42. The Labute approximate surface area is 136 Å². The number of carbonyl (C=O) groups is 1. The molecule has 120 valence electrons. The zero-order chi connectivity index (χ0) is 14.7. The van der Waals surface area contributed by atoms with Gasteiger partial charge < -0.3 is 15.0 Å². The maximum atomic E-state index is 12.1. The Balaban J connectivity index is 0.00000176. The van der Waals surface area contributed by atoms with E-state index in [0.29, 0.717) is 12.6 Å². The average molecular weight is 323 g/mol. The molecule has 0 saturated carbocycles. The Bertz CT molecular complexity index is 594. The van der Waals surface area contributed by atoms with Crippen LogP contribution in [0.15, 0.2) is 30.6 Å². The molecule has 0 unspecified atom stereocenters. The predicted molar refractivity (Wildman–Crippen MR) is 89.3 cm³/mol. The number of amides is 1. The minimum Gasteiger partial charge on any atom is -0.355 e. The van der Waals surface area contributed by atoms with Crippen LogP contribution in [0, 0.1) is 5.92 Å². The Kier molecular flexibility index (Phi) is 5.80. The number of rotatable bonds is 4. The number of nitrogens with zero attached hydrogens (tertiary/aromatic N) is 2. The first-order valence-corrected chi connectivity index (χ1v) is 7.66. The number of hydrogen-bond donors (Lipinski definition) is 2. The minimum absolute atomic E-state index is 0. The van der Waals surface area contributed by atoms with Gasteiger partial charge in [0, 0.05) is 37.3 Å². The molecular weight excluding hydrogens is 300 g/mol. The van der Waals surface area contributed by atoms with Gasteiger partial charge in [-0.25, -0.2) is 4.98 Å². The van der Waals surface area contributed by atoms with Gasteiger partial charge in [0.2, 0.25) is 5.91 Å². The molecule has 1 amide bonds. The SMILES string of the molecule is C[C@H]1C[C@@H](C(=O)NCCc2cn3ccccc3n2)CCN1.Cl. The Morgan fingerprint density at radius 3 is 3.14 bits per heavy atom. The van der Waals surface area contributed by atoms with Crippen LogP contribution in [0.1, 0.15) is 25.5 Å². The molecule has 3 rings (SSSR count). The van der Waals surface area contributed by atoms with E-state index in [1.54, 1.807) is 0 Å². The first-order valence-electron chi connectivity index (χ1n) is 7.66. The van der Waals surface area contributed by atoms with Crippen LogP contribution in [-0.2, 0) is 11.2 Å². The standard InChI is InChI=1S/C16H22N4O.ClH/c1-12-10-13(5-7-17-12)16(21)18-8-6-14-11-20-9-3-2-4-15(20)19-14;/h2-4,9,11-13,17H,5-8,10H2,1H3,(H,18,21);1H/t12-,13-;/m0./s1. The van der Waals surface area contributed by atoms with E-state index in [1.165, 1.54) is 0 Å². The highest BCUT2D eigenvalue weighted by atomic mass is 35.5. The van der Waals surface area contributed by atoms with Crippen LogP contribution in [0.25, 0.3) is 5.65 Å². The van der Waals surface area contributed by atoms with Crippen LogP contribution in [0.5, 0.6) is 0 Å². The highest BCUT2D eigenvalue weighted by Gasteiger charge is 2.24. The number of imidazole rings is 1. The minimum atomic E-state index is 0. The molecule has 1 fully saturated rings. The van der Waals surface area contributed by atoms with Crippen LogP contribution in [0.2, 0.25) is 0 Å². The molecule has 1 aliphatic heterocycles. The number of carbonyl (C=O) groups excluding carboxylic acids is 1. The number of pyridine rings is 1. The molecule has 2 aromatic rings. The molecule has 0 radical (unpaired) electrons. The molecule has 6 heteroatoms. The smallest absolute Gasteiger partial charge is 0.223 e. The molecule has 2 atom stereocenters. The molecule has 22 heavy (non-hydrogen) atoms. The second-order valence-corrected chi connectivity index (χ2v) is 5.82. The normalized spacial score (nSPS) is 21.3. The second-order valence-electron chi connectivity index (χ2n) is 5.82. The quantitative estimate of drug-likeness (QED) is 0.902. The van der Waals surface area contributed by atoms with Gasteiger partial charge in [-0.05, 0) is 38.4 Å². The summed E-state index contributed by atoms with van der Waals surface area (Å²) < 4.78 is 2.01. The molecule has 0 aromatic carbocycles. The second kappa shape index (κ2) is 7.61. The summed E-state index contributed by atoms with van der Waals surface area (Å²) in [6, 6.07) is 6.39. The summed E-state index contributed by atoms with van der Waals surface area (Å²) in [7, 11) is 0. The highest BCUT2D eigenvalue weighted by Crippen LogP contribution is 2.15. The van der Waals surface area contributed by atoms with Crippen molar-refractivity contribution in [2.45, 2.75) is 32.2 Å². The van der Waals surface area contributed by atoms with Gasteiger partial charge in [0.15, 0.2) is 0 Å². The Hall–Kier alpha value is -1.59. The lowest BCUT2D eigenvalue weighted by molar-refractivity contribution is -0.126. The molecule has 5 nitrogen and oxygen atoms in total. The maximum absolute atomic E-state index is 12.1. The lowest BCUT2D eigenvalue weighted by Gasteiger charge is -2.27. The zero-order valence-electron chi connectivity index (χ0n) is 12.8. The van der Waals surface area contributed by atoms with E-state index >= 15 is 0 Å². The number of aromatic nitrogens is 2. The molecule has 0 spiro atoms. The zero-order valence-corrected chi connectivity index (χ0v) is 13.6. The topological polar surface area (TPSA) is 58.4 Å². The fraction of sp³-hybridized carbons (Fsp3) is 0.500. The summed E-state index contributed by atoms with van der Waals surface area (Å²) in [6.07, 6.45) is 6.65. The van der Waals surface area contributed by atoms with E-state index in [0.717, 1.165) is 37.1 Å². The van der Waals surface area contributed by atoms with Crippen LogP contribution in [0.4, 0.5) is 0 Å². The van der Waals surface area contributed by atoms with Crippen molar-refractivity contribution in [2.24, 2.45) is 5.92 Å². The van der Waals surface area contributed by atoms with E-state index in [9.17, 15) is 4.79 Å². The predicted octanol–water partition coefficient (Wildman–Crippen LogP) is 1.80. The third-order valence-corrected chi connectivity index (χ3v) is 4.09. The van der Waals surface area contributed by atoms with Crippen molar-refractivity contribution < 1.29 is 4.79 Å². The number of hydrogen-bond acceptors (Lipinski definition) is 3. The van der Waals surface area contributed by atoms with E-state index in [4.69, 9.17) is 0 Å². The van der Waals surface area contributed by atoms with Gasteiger partial charge in [0.25, 0.3) is 0 Å². The van der Waals surface area contributed by atoms with Gasteiger partial charge in [-0.1, -0.05) is 6.07 Å². The van der Waals surface area contributed by atoms with Crippen molar-refractivity contribution in [3.05, 3.63) is 36.3 Å². The number of nitrogens with one attached hydrogen (secondary N) is 2. The van der Waals surface area contributed by atoms with Crippen molar-refractivity contribution in [1.29, 1.82) is 0 Å². The van der Waals surface area contributed by atoms with Gasteiger partial charge in [0.05, 0.1) is 5.69 Å². The van der Waals surface area contributed by atoms with Crippen molar-refractivity contribution >= 4 is 24.0 Å². The van der Waals surface area contributed by atoms with Crippen molar-refractivity contribution in [2.75, 3.05) is 13.1 Å². The van der Waals surface area contributed by atoms with Gasteiger partial charge in [0.1, 0.15) is 5.65 Å². The molecule has 3 heterocycles. The summed E-state index contributed by atoms with van der Waals surface area (Å²) in [5.74, 6) is 0.342. The third-order valence-electron chi connectivity index (χ3n) is 4.09. The van der Waals surface area contributed by atoms with Crippen LogP contribution in [-0.4, -0.2) is 34.4 Å². The fourth-order valence-electron chi connectivity index (χ4n) is 2.94. The van der Waals surface area contributed by atoms with Gasteiger partial charge in [-0.3, -0.25) is 4.79 Å². The van der Waals surface area contributed by atoms with Crippen molar-refractivity contribution in [3.63, 3.8) is 0 Å². The average Bonchev–Trinajstić information content (AvgIpc) is 2.89. The highest BCUT2D eigenvalue weighted by molar-refractivity contribution is 5.85. The Morgan fingerprint density at radius 2 is 2.36 bits per heavy atom. The summed E-state index contributed by atoms with van der Waals surface area (Å²) in [4.78, 5) is 16.7. The van der Waals surface area contributed by atoms with Gasteiger partial charge in [-0.15, -0.1) is 12.4 Å². The van der Waals surface area contributed by atoms with Crippen molar-refractivity contribution in [3.8, 4) is 0 Å². The van der Waals surface area contributed by atoms with E-state index in [2.05, 4.69) is 22.5 Å². The van der Waals surface area contributed by atoms with Crippen LogP contribution < -0.4 is 10.6 Å². The fourth-order valence-corrected chi connectivity index (χ4v) is 2.94. The van der Waals surface area contributed by atoms with Crippen molar-refractivity contribution in [1.82, 2.24) is 20.0 Å². The third kappa shape index (κ3) is 3.99. The number of halogens is 1. The largest absolute Gasteiger partial charge is 0.355 e. The molecule has 2 N–H and O–H groups in total. The number of piperidine rings is 1. The lowest BCUT2D eigenvalue weighted by atomic mass is 9.92. The van der Waals surface area contributed by atoms with Gasteiger partial charge in [-0.2, -0.15) is 0 Å². The molecule has 2 aromatic heterocycles. The molecule has 0 aliphatic carbocycles. The molecule has 1 aliphatic rings. The van der Waals surface area contributed by atoms with E-state index in [-0.39, 0.29) is 24.2 Å². The monoisotopic (exact) mass is 322 g/mol. The first-order chi connectivity index (χ1) is 10.2. The molecule has 1 saturated heterocycles. The van der Waals surface area contributed by atoms with Crippen LogP contribution in [0.3, 0.4) is 0 Å². The Morgan fingerprint density at radius 1 is 1.50 bits per heavy atom. The summed E-state index contributed by atoms with van der Waals surface area (Å²) >= 11 is 0. The first kappa shape index (κ1) is 16.8. The summed E-state index contributed by atoms with van der Waals surface area (Å²) in [6.45, 7) is 3.73. The van der Waals surface area contributed by atoms with E-state index in [1.807, 2.05) is 35.0 Å². The molecule has 0 bridgehead atoms. The number of fused-ring (bicyclic) bond motifs is 1.